The molecular weight excluding hydrogens is 432 g/mol. The summed E-state index contributed by atoms with van der Waals surface area (Å²) < 4.78 is 13.0. The third-order valence-electron chi connectivity index (χ3n) is 7.60. The van der Waals surface area contributed by atoms with Crippen LogP contribution < -0.4 is 11.2 Å². The van der Waals surface area contributed by atoms with Crippen molar-refractivity contribution in [3.63, 3.8) is 0 Å². The number of fused-ring (bicyclic) bond motifs is 6. The number of carbonyl (C=O) groups is 1. The van der Waals surface area contributed by atoms with E-state index in [2.05, 4.69) is 0 Å². The lowest BCUT2D eigenvalue weighted by Gasteiger charge is -2.42. The van der Waals surface area contributed by atoms with E-state index in [0.29, 0.717) is 42.8 Å². The molecule has 1 amide bonds. The highest BCUT2D eigenvalue weighted by Gasteiger charge is 2.36. The van der Waals surface area contributed by atoms with Gasteiger partial charge >= 0.3 is 5.63 Å². The summed E-state index contributed by atoms with van der Waals surface area (Å²) in [5, 5.41) is 1.86. The summed E-state index contributed by atoms with van der Waals surface area (Å²) in [6.45, 7) is 5.82. The fraction of sp³-hybridized carbons (Fsp3) is 0.370. The van der Waals surface area contributed by atoms with Gasteiger partial charge in [0.25, 0.3) is 5.56 Å². The van der Waals surface area contributed by atoms with Crippen LogP contribution in [-0.4, -0.2) is 28.5 Å². The molecule has 1 fully saturated rings. The smallest absolute Gasteiger partial charge is 0.339 e. The predicted octanol–water partition coefficient (Wildman–Crippen LogP) is 3.90. The number of hydrogen-bond donors (Lipinski definition) is 0. The van der Waals surface area contributed by atoms with Crippen LogP contribution in [0.5, 0.6) is 0 Å². The molecule has 2 atom stereocenters. The van der Waals surface area contributed by atoms with E-state index in [9.17, 15) is 14.4 Å². The van der Waals surface area contributed by atoms with Crippen molar-refractivity contribution in [2.45, 2.75) is 45.6 Å². The van der Waals surface area contributed by atoms with Gasteiger partial charge in [-0.15, -0.1) is 0 Å². The number of rotatable bonds is 3. The Hall–Kier alpha value is -3.61. The Kier molecular flexibility index (Phi) is 4.76. The van der Waals surface area contributed by atoms with E-state index in [1.807, 2.05) is 35.4 Å². The van der Waals surface area contributed by atoms with Gasteiger partial charge in [-0.3, -0.25) is 9.59 Å². The average Bonchev–Trinajstić information content (AvgIpc) is 3.18. The molecule has 1 aromatic carbocycles. The first-order chi connectivity index (χ1) is 16.4. The molecule has 5 heterocycles. The van der Waals surface area contributed by atoms with E-state index in [1.165, 1.54) is 0 Å². The van der Waals surface area contributed by atoms with Crippen molar-refractivity contribution in [3.8, 4) is 0 Å². The number of piperidine rings is 1. The number of furan rings is 1. The number of carbonyl (C=O) groups excluding carboxylic acids is 1. The molecule has 7 nitrogen and oxygen atoms in total. The van der Waals surface area contributed by atoms with Gasteiger partial charge in [-0.05, 0) is 55.9 Å². The van der Waals surface area contributed by atoms with E-state index >= 15 is 0 Å². The van der Waals surface area contributed by atoms with Gasteiger partial charge in [-0.25, -0.2) is 4.79 Å². The van der Waals surface area contributed by atoms with Crippen LogP contribution in [0.1, 0.15) is 41.1 Å². The Labute approximate surface area is 195 Å². The quantitative estimate of drug-likeness (QED) is 0.435. The van der Waals surface area contributed by atoms with Gasteiger partial charge in [0, 0.05) is 66.1 Å². The standard InChI is InChI=1S/C27H26N2O5/c1-15-14-33-23-10-24-21(9-20(15)23)16(2)19(27(32)34-24)6-7-25(30)28-11-17-8-18(13-28)22-4-3-5-26(31)29(22)12-17/h3-5,9-10,14,17-18H,6-8,11-13H2,1-2H3/t17-,18?/m1/s1. The van der Waals surface area contributed by atoms with Gasteiger partial charge in [-0.1, -0.05) is 6.07 Å². The Morgan fingerprint density at radius 1 is 1.06 bits per heavy atom. The van der Waals surface area contributed by atoms with Crippen molar-refractivity contribution in [2.24, 2.45) is 5.92 Å². The molecule has 2 bridgehead atoms. The first-order valence-electron chi connectivity index (χ1n) is 11.8. The third kappa shape index (κ3) is 3.30. The first-order valence-corrected chi connectivity index (χ1v) is 11.8. The number of likely N-dealkylation sites (tertiary alicyclic amines) is 1. The van der Waals surface area contributed by atoms with Gasteiger partial charge in [-0.2, -0.15) is 0 Å². The Morgan fingerprint density at radius 2 is 1.91 bits per heavy atom. The minimum absolute atomic E-state index is 0.0355. The molecule has 0 aliphatic carbocycles. The lowest BCUT2D eigenvalue weighted by atomic mass is 9.83. The summed E-state index contributed by atoms with van der Waals surface area (Å²) in [6.07, 6.45) is 3.29. The maximum Gasteiger partial charge on any atom is 0.339 e. The van der Waals surface area contributed by atoms with E-state index in [1.54, 1.807) is 24.5 Å². The van der Waals surface area contributed by atoms with Gasteiger partial charge in [0.05, 0.1) is 6.26 Å². The number of benzene rings is 1. The second kappa shape index (κ2) is 7.72. The van der Waals surface area contributed by atoms with Gasteiger partial charge in [0.1, 0.15) is 11.2 Å². The summed E-state index contributed by atoms with van der Waals surface area (Å²) in [6, 6.07) is 9.16. The van der Waals surface area contributed by atoms with Crippen LogP contribution in [0.4, 0.5) is 0 Å². The van der Waals surface area contributed by atoms with E-state index in [-0.39, 0.29) is 29.7 Å². The Balaban J connectivity index is 1.24. The molecule has 34 heavy (non-hydrogen) atoms. The SMILES string of the molecule is Cc1coc2cc3oc(=O)c(CCC(=O)N4CC5C[C@H](C4)Cn4c5cccc4=O)c(C)c3cc12. The van der Waals surface area contributed by atoms with Crippen LogP contribution in [0.25, 0.3) is 21.9 Å². The van der Waals surface area contributed by atoms with Crippen molar-refractivity contribution < 1.29 is 13.6 Å². The predicted molar refractivity (Wildman–Crippen MR) is 128 cm³/mol. The Morgan fingerprint density at radius 3 is 2.76 bits per heavy atom. The minimum atomic E-state index is -0.399. The van der Waals surface area contributed by atoms with E-state index in [0.717, 1.165) is 34.0 Å². The third-order valence-corrected chi connectivity index (χ3v) is 7.60. The average molecular weight is 459 g/mol. The van der Waals surface area contributed by atoms with Gasteiger partial charge < -0.3 is 18.3 Å². The van der Waals surface area contributed by atoms with Crippen molar-refractivity contribution in [1.82, 2.24) is 9.47 Å². The summed E-state index contributed by atoms with van der Waals surface area (Å²) >= 11 is 0. The molecule has 1 unspecified atom stereocenters. The maximum atomic E-state index is 13.2. The maximum absolute atomic E-state index is 13.2. The lowest BCUT2D eigenvalue weighted by Crippen LogP contribution is -2.49. The van der Waals surface area contributed by atoms with Gasteiger partial charge in [0.2, 0.25) is 5.91 Å². The lowest BCUT2D eigenvalue weighted by molar-refractivity contribution is -0.133. The topological polar surface area (TPSA) is 85.7 Å². The second-order valence-electron chi connectivity index (χ2n) is 9.75. The zero-order valence-electron chi connectivity index (χ0n) is 19.3. The van der Waals surface area contributed by atoms with Gasteiger partial charge in [0.15, 0.2) is 0 Å². The molecule has 6 rings (SSSR count). The normalized spacial score (nSPS) is 19.5. The minimum Gasteiger partial charge on any atom is -0.464 e. The summed E-state index contributed by atoms with van der Waals surface area (Å²) in [5.41, 5.74) is 4.28. The summed E-state index contributed by atoms with van der Waals surface area (Å²) in [5.74, 6) is 0.503. The number of aryl methyl sites for hydroxylation is 2. The molecule has 2 aliphatic heterocycles. The van der Waals surface area contributed by atoms with Crippen molar-refractivity contribution >= 4 is 27.8 Å². The number of nitrogens with zero attached hydrogens (tertiary/aromatic N) is 2. The summed E-state index contributed by atoms with van der Waals surface area (Å²) in [4.78, 5) is 40.1. The Bertz CT molecular complexity index is 1570. The fourth-order valence-electron chi connectivity index (χ4n) is 5.82. The molecule has 0 radical (unpaired) electrons. The number of hydrogen-bond acceptors (Lipinski definition) is 5. The number of aromatic nitrogens is 1. The zero-order chi connectivity index (χ0) is 23.6. The zero-order valence-corrected chi connectivity index (χ0v) is 19.3. The summed E-state index contributed by atoms with van der Waals surface area (Å²) in [7, 11) is 0. The van der Waals surface area contributed by atoms with Crippen molar-refractivity contribution in [1.29, 1.82) is 0 Å². The molecule has 4 aromatic rings. The largest absolute Gasteiger partial charge is 0.464 e. The molecule has 3 aromatic heterocycles. The molecule has 174 valence electrons. The first kappa shape index (κ1) is 21.0. The monoisotopic (exact) mass is 458 g/mol. The van der Waals surface area contributed by atoms with E-state index in [4.69, 9.17) is 8.83 Å². The molecular formula is C27H26N2O5. The van der Waals surface area contributed by atoms with Crippen LogP contribution in [-0.2, 0) is 17.8 Å². The van der Waals surface area contributed by atoms with Crippen LogP contribution >= 0.6 is 0 Å². The van der Waals surface area contributed by atoms with Crippen molar-refractivity contribution in [3.05, 3.63) is 79.8 Å². The molecule has 2 aliphatic rings. The highest BCUT2D eigenvalue weighted by Crippen LogP contribution is 2.35. The van der Waals surface area contributed by atoms with Crippen LogP contribution in [0.15, 0.2) is 55.0 Å². The molecule has 0 saturated carbocycles. The highest BCUT2D eigenvalue weighted by atomic mass is 16.4. The fourth-order valence-corrected chi connectivity index (χ4v) is 5.82. The van der Waals surface area contributed by atoms with Crippen molar-refractivity contribution in [2.75, 3.05) is 13.1 Å². The second-order valence-corrected chi connectivity index (χ2v) is 9.75. The molecule has 0 spiro atoms. The molecule has 0 N–H and O–H groups in total. The number of amides is 1. The van der Waals surface area contributed by atoms with Crippen LogP contribution in [0.3, 0.4) is 0 Å². The highest BCUT2D eigenvalue weighted by molar-refractivity contribution is 5.96. The molecule has 1 saturated heterocycles. The number of pyridine rings is 1. The molecule has 7 heteroatoms. The van der Waals surface area contributed by atoms with E-state index < -0.39 is 5.63 Å². The van der Waals surface area contributed by atoms with Crippen LogP contribution in [0.2, 0.25) is 0 Å². The van der Waals surface area contributed by atoms with Crippen LogP contribution in [0, 0.1) is 19.8 Å².